The summed E-state index contributed by atoms with van der Waals surface area (Å²) < 4.78 is 17.7. The van der Waals surface area contributed by atoms with Crippen LogP contribution in [0.3, 0.4) is 0 Å². The molecule has 104 valence electrons. The van der Waals surface area contributed by atoms with E-state index < -0.39 is 23.8 Å². The van der Waals surface area contributed by atoms with Gasteiger partial charge < -0.3 is 20.3 Å². The minimum Gasteiger partial charge on any atom is -0.484 e. The molecule has 1 atom stereocenters. The summed E-state index contributed by atoms with van der Waals surface area (Å²) in [6, 6.07) is 5.18. The molecule has 0 bridgehead atoms. The number of aliphatic carboxylic acids is 1. The van der Waals surface area contributed by atoms with E-state index in [0.29, 0.717) is 5.75 Å². The SMILES string of the molecule is O=C(COc1ccc(F)cc1)NCC[C@H](O)C(=O)O. The largest absolute Gasteiger partial charge is 0.484 e. The molecule has 0 aliphatic carbocycles. The first-order valence-electron chi connectivity index (χ1n) is 5.55. The highest BCUT2D eigenvalue weighted by Gasteiger charge is 2.12. The van der Waals surface area contributed by atoms with E-state index >= 15 is 0 Å². The quantitative estimate of drug-likeness (QED) is 0.656. The van der Waals surface area contributed by atoms with Crippen LogP contribution < -0.4 is 10.1 Å². The monoisotopic (exact) mass is 271 g/mol. The third-order valence-electron chi connectivity index (χ3n) is 2.21. The molecule has 0 aliphatic heterocycles. The van der Waals surface area contributed by atoms with Crippen LogP contribution >= 0.6 is 0 Å². The Balaban J connectivity index is 2.21. The average molecular weight is 271 g/mol. The molecule has 1 amide bonds. The lowest BCUT2D eigenvalue weighted by atomic mass is 10.2. The Bertz CT molecular complexity index is 434. The van der Waals surface area contributed by atoms with Gasteiger partial charge in [-0.3, -0.25) is 4.79 Å². The van der Waals surface area contributed by atoms with Crippen LogP contribution in [0.15, 0.2) is 24.3 Å². The fraction of sp³-hybridized carbons (Fsp3) is 0.333. The van der Waals surface area contributed by atoms with E-state index in [1.165, 1.54) is 24.3 Å². The predicted octanol–water partition coefficient (Wildman–Crippen LogP) is 0.156. The van der Waals surface area contributed by atoms with E-state index in [9.17, 15) is 14.0 Å². The van der Waals surface area contributed by atoms with Gasteiger partial charge >= 0.3 is 5.97 Å². The van der Waals surface area contributed by atoms with Crippen LogP contribution in [-0.4, -0.2) is 41.3 Å². The molecule has 0 saturated carbocycles. The van der Waals surface area contributed by atoms with Crippen molar-refractivity contribution < 1.29 is 28.9 Å². The molecule has 0 aromatic heterocycles. The summed E-state index contributed by atoms with van der Waals surface area (Å²) in [5.74, 6) is -1.85. The van der Waals surface area contributed by atoms with Crippen LogP contribution in [0.2, 0.25) is 0 Å². The lowest BCUT2D eigenvalue weighted by Gasteiger charge is -2.08. The number of hydrogen-bond donors (Lipinski definition) is 3. The molecule has 0 saturated heterocycles. The van der Waals surface area contributed by atoms with Crippen molar-refractivity contribution in [3.63, 3.8) is 0 Å². The number of rotatable bonds is 7. The number of ether oxygens (including phenoxy) is 1. The van der Waals surface area contributed by atoms with Crippen molar-refractivity contribution in [1.82, 2.24) is 5.32 Å². The van der Waals surface area contributed by atoms with E-state index in [0.717, 1.165) is 0 Å². The summed E-state index contributed by atoms with van der Waals surface area (Å²) in [5, 5.41) is 19.7. The lowest BCUT2D eigenvalue weighted by molar-refractivity contribution is -0.147. The van der Waals surface area contributed by atoms with Crippen LogP contribution in [-0.2, 0) is 9.59 Å². The van der Waals surface area contributed by atoms with Gasteiger partial charge in [-0.15, -0.1) is 0 Å². The van der Waals surface area contributed by atoms with Crippen molar-refractivity contribution in [3.05, 3.63) is 30.1 Å². The number of aliphatic hydroxyl groups excluding tert-OH is 1. The maximum absolute atomic E-state index is 12.6. The summed E-state index contributed by atoms with van der Waals surface area (Å²) in [4.78, 5) is 21.6. The van der Waals surface area contributed by atoms with E-state index in [1.807, 2.05) is 0 Å². The molecule has 0 aliphatic rings. The van der Waals surface area contributed by atoms with Crippen LogP contribution in [0.4, 0.5) is 4.39 Å². The Morgan fingerprint density at radius 2 is 1.95 bits per heavy atom. The van der Waals surface area contributed by atoms with E-state index in [-0.39, 0.29) is 19.6 Å². The standard InChI is InChI=1S/C12H14FNO5/c13-8-1-3-9(4-2-8)19-7-11(16)14-6-5-10(15)12(17)18/h1-4,10,15H,5-7H2,(H,14,16)(H,17,18)/t10-/m0/s1. The Morgan fingerprint density at radius 1 is 1.32 bits per heavy atom. The number of amides is 1. The topological polar surface area (TPSA) is 95.9 Å². The van der Waals surface area contributed by atoms with Crippen LogP contribution in [0.5, 0.6) is 5.75 Å². The molecule has 0 heterocycles. The highest BCUT2D eigenvalue weighted by Crippen LogP contribution is 2.10. The van der Waals surface area contributed by atoms with Gasteiger partial charge in [-0.2, -0.15) is 0 Å². The van der Waals surface area contributed by atoms with Gasteiger partial charge in [0.05, 0.1) is 0 Å². The molecule has 0 radical (unpaired) electrons. The Kier molecular flexibility index (Phi) is 5.74. The summed E-state index contributed by atoms with van der Waals surface area (Å²) >= 11 is 0. The number of halogens is 1. The van der Waals surface area contributed by atoms with Crippen LogP contribution in [0, 0.1) is 5.82 Å². The maximum atomic E-state index is 12.6. The summed E-state index contributed by atoms with van der Waals surface area (Å²) in [6.07, 6.45) is -1.59. The van der Waals surface area contributed by atoms with Gasteiger partial charge in [0.2, 0.25) is 0 Å². The second-order valence-electron chi connectivity index (χ2n) is 3.74. The van der Waals surface area contributed by atoms with Gasteiger partial charge in [-0.05, 0) is 24.3 Å². The van der Waals surface area contributed by atoms with Crippen molar-refractivity contribution >= 4 is 11.9 Å². The average Bonchev–Trinajstić information content (AvgIpc) is 2.37. The van der Waals surface area contributed by atoms with E-state index in [4.69, 9.17) is 14.9 Å². The van der Waals surface area contributed by atoms with E-state index in [2.05, 4.69) is 5.32 Å². The maximum Gasteiger partial charge on any atom is 0.332 e. The molecule has 19 heavy (non-hydrogen) atoms. The molecule has 0 unspecified atom stereocenters. The number of benzene rings is 1. The van der Waals surface area contributed by atoms with Gasteiger partial charge in [0.15, 0.2) is 12.7 Å². The van der Waals surface area contributed by atoms with Crippen molar-refractivity contribution in [2.75, 3.05) is 13.2 Å². The molecular formula is C12H14FNO5. The smallest absolute Gasteiger partial charge is 0.332 e. The van der Waals surface area contributed by atoms with E-state index in [1.54, 1.807) is 0 Å². The highest BCUT2D eigenvalue weighted by atomic mass is 19.1. The highest BCUT2D eigenvalue weighted by molar-refractivity contribution is 5.77. The molecule has 1 aromatic carbocycles. The van der Waals surface area contributed by atoms with Crippen LogP contribution in [0.1, 0.15) is 6.42 Å². The third kappa shape index (κ3) is 5.82. The molecule has 1 rings (SSSR count). The zero-order valence-corrected chi connectivity index (χ0v) is 10.0. The normalized spacial score (nSPS) is 11.7. The third-order valence-corrected chi connectivity index (χ3v) is 2.21. The predicted molar refractivity (Wildman–Crippen MR) is 63.2 cm³/mol. The zero-order chi connectivity index (χ0) is 14.3. The summed E-state index contributed by atoms with van der Waals surface area (Å²) in [7, 11) is 0. The molecule has 1 aromatic rings. The number of carbonyl (C=O) groups excluding carboxylic acids is 1. The number of hydrogen-bond acceptors (Lipinski definition) is 4. The molecular weight excluding hydrogens is 257 g/mol. The molecule has 7 heteroatoms. The van der Waals surface area contributed by atoms with Crippen molar-refractivity contribution in [3.8, 4) is 5.75 Å². The fourth-order valence-corrected chi connectivity index (χ4v) is 1.20. The van der Waals surface area contributed by atoms with Gasteiger partial charge in [0.25, 0.3) is 5.91 Å². The fourth-order valence-electron chi connectivity index (χ4n) is 1.20. The number of carboxylic acid groups (broad SMARTS) is 1. The minimum absolute atomic E-state index is 0.0269. The number of carboxylic acids is 1. The molecule has 6 nitrogen and oxygen atoms in total. The first kappa shape index (κ1) is 14.9. The molecule has 0 spiro atoms. The van der Waals surface area contributed by atoms with Crippen molar-refractivity contribution in [2.45, 2.75) is 12.5 Å². The minimum atomic E-state index is -1.50. The van der Waals surface area contributed by atoms with Gasteiger partial charge in [-0.25, -0.2) is 9.18 Å². The van der Waals surface area contributed by atoms with Gasteiger partial charge in [-0.1, -0.05) is 0 Å². The Hall–Kier alpha value is -2.15. The first-order valence-corrected chi connectivity index (χ1v) is 5.55. The summed E-state index contributed by atoms with van der Waals surface area (Å²) in [6.45, 7) is -0.242. The molecule has 0 fully saturated rings. The van der Waals surface area contributed by atoms with Crippen molar-refractivity contribution in [1.29, 1.82) is 0 Å². The van der Waals surface area contributed by atoms with Gasteiger partial charge in [0, 0.05) is 13.0 Å². The summed E-state index contributed by atoms with van der Waals surface area (Å²) in [5.41, 5.74) is 0. The number of carbonyl (C=O) groups is 2. The first-order chi connectivity index (χ1) is 8.99. The second kappa shape index (κ2) is 7.32. The number of nitrogens with one attached hydrogen (secondary N) is 1. The Morgan fingerprint density at radius 3 is 2.53 bits per heavy atom. The molecule has 3 N–H and O–H groups in total. The van der Waals surface area contributed by atoms with Gasteiger partial charge in [0.1, 0.15) is 11.6 Å². The zero-order valence-electron chi connectivity index (χ0n) is 10.0. The lowest BCUT2D eigenvalue weighted by Crippen LogP contribution is -2.33. The number of aliphatic hydroxyl groups is 1. The Labute approximate surface area is 108 Å². The van der Waals surface area contributed by atoms with Crippen LogP contribution in [0.25, 0.3) is 0 Å². The second-order valence-corrected chi connectivity index (χ2v) is 3.74. The van der Waals surface area contributed by atoms with Crippen molar-refractivity contribution in [2.24, 2.45) is 0 Å².